The van der Waals surface area contributed by atoms with Gasteiger partial charge in [0.2, 0.25) is 5.71 Å². The lowest BCUT2D eigenvalue weighted by atomic mass is 10.3. The molecule has 2 N–H and O–H groups in total. The van der Waals surface area contributed by atoms with Crippen LogP contribution in [0.4, 0.5) is 5.69 Å². The Morgan fingerprint density at radius 1 is 1.19 bits per heavy atom. The molecule has 0 spiro atoms. The zero-order valence-electron chi connectivity index (χ0n) is 10.8. The Bertz CT molecular complexity index is 827. The number of fused-ring (bicyclic) bond motifs is 1. The van der Waals surface area contributed by atoms with Crippen molar-refractivity contribution >= 4 is 38.4 Å². The number of nitrogens with zero attached hydrogens (tertiary/aromatic N) is 3. The molecule has 0 aliphatic carbocycles. The van der Waals surface area contributed by atoms with E-state index in [1.807, 2.05) is 54.6 Å². The maximum absolute atomic E-state index is 9.26. The minimum absolute atomic E-state index is 0.196. The van der Waals surface area contributed by atoms with E-state index >= 15 is 0 Å². The molecule has 0 fully saturated rings. The fraction of sp³-hybridized carbons (Fsp3) is 0. The zero-order valence-corrected chi connectivity index (χ0v) is 12.4. The molecule has 0 saturated carbocycles. The van der Waals surface area contributed by atoms with Gasteiger partial charge in [-0.05, 0) is 40.2 Å². The van der Waals surface area contributed by atoms with Crippen molar-refractivity contribution in [2.75, 3.05) is 5.43 Å². The van der Waals surface area contributed by atoms with Crippen LogP contribution < -0.4 is 5.43 Å². The summed E-state index contributed by atoms with van der Waals surface area (Å²) < 4.78 is 0.871. The Morgan fingerprint density at radius 3 is 2.71 bits per heavy atom. The maximum Gasteiger partial charge on any atom is 0.203 e. The molecule has 3 rings (SSSR count). The second kappa shape index (κ2) is 5.77. The van der Waals surface area contributed by atoms with Crippen LogP contribution in [0.5, 0.6) is 0 Å². The van der Waals surface area contributed by atoms with Gasteiger partial charge in [0.15, 0.2) is 5.82 Å². The van der Waals surface area contributed by atoms with Gasteiger partial charge in [-0.25, -0.2) is 4.98 Å². The number of hydrogen-bond donors (Lipinski definition) is 2. The number of hydrazone groups is 1. The van der Waals surface area contributed by atoms with Gasteiger partial charge in [0, 0.05) is 4.47 Å². The van der Waals surface area contributed by atoms with E-state index in [2.05, 4.69) is 36.4 Å². The molecule has 0 amide bonds. The molecule has 6 heteroatoms. The maximum atomic E-state index is 9.26. The number of anilines is 1. The van der Waals surface area contributed by atoms with Gasteiger partial charge in [-0.15, -0.1) is 0 Å². The van der Waals surface area contributed by atoms with E-state index in [1.165, 1.54) is 0 Å². The number of H-pyrrole nitrogens is 1. The van der Waals surface area contributed by atoms with Crippen molar-refractivity contribution < 1.29 is 0 Å². The first-order chi connectivity index (χ1) is 10.3. The summed E-state index contributed by atoms with van der Waals surface area (Å²) in [6, 6.07) is 17.2. The minimum Gasteiger partial charge on any atom is -0.336 e. The van der Waals surface area contributed by atoms with Gasteiger partial charge in [0.05, 0.1) is 16.7 Å². The van der Waals surface area contributed by atoms with Crippen LogP contribution >= 0.6 is 15.9 Å². The molecule has 3 aromatic rings. The smallest absolute Gasteiger partial charge is 0.203 e. The number of nitriles is 1. The predicted molar refractivity (Wildman–Crippen MR) is 86.0 cm³/mol. The number of benzene rings is 2. The number of para-hydroxylation sites is 3. The third-order valence-corrected chi connectivity index (χ3v) is 3.57. The van der Waals surface area contributed by atoms with Crippen molar-refractivity contribution in [2.24, 2.45) is 5.10 Å². The molecule has 2 aromatic carbocycles. The van der Waals surface area contributed by atoms with E-state index in [-0.39, 0.29) is 5.71 Å². The lowest BCUT2D eigenvalue weighted by Crippen LogP contribution is -2.04. The van der Waals surface area contributed by atoms with Crippen LogP contribution in [0.1, 0.15) is 5.82 Å². The quantitative estimate of drug-likeness (QED) is 0.564. The number of aromatic amines is 1. The molecule has 1 heterocycles. The lowest BCUT2D eigenvalue weighted by molar-refractivity contribution is 1.25. The first-order valence-electron chi connectivity index (χ1n) is 6.21. The van der Waals surface area contributed by atoms with Gasteiger partial charge in [0.1, 0.15) is 6.07 Å². The van der Waals surface area contributed by atoms with Crippen molar-refractivity contribution in [3.8, 4) is 6.07 Å². The van der Waals surface area contributed by atoms with E-state index in [9.17, 15) is 5.26 Å². The molecular formula is C15H10BrN5. The third kappa shape index (κ3) is 2.78. The van der Waals surface area contributed by atoms with Crippen LogP contribution in [-0.4, -0.2) is 15.7 Å². The Labute approximate surface area is 129 Å². The molecule has 5 nitrogen and oxygen atoms in total. The van der Waals surface area contributed by atoms with Crippen molar-refractivity contribution in [2.45, 2.75) is 0 Å². The Balaban J connectivity index is 1.93. The molecule has 0 unspecified atom stereocenters. The van der Waals surface area contributed by atoms with Gasteiger partial charge in [-0.3, -0.25) is 5.43 Å². The molecule has 0 atom stereocenters. The molecule has 21 heavy (non-hydrogen) atoms. The van der Waals surface area contributed by atoms with Crippen LogP contribution in [0.2, 0.25) is 0 Å². The number of halogens is 1. The molecule has 1 aromatic heterocycles. The van der Waals surface area contributed by atoms with Crippen LogP contribution in [0.3, 0.4) is 0 Å². The first-order valence-corrected chi connectivity index (χ1v) is 7.00. The van der Waals surface area contributed by atoms with Gasteiger partial charge >= 0.3 is 0 Å². The van der Waals surface area contributed by atoms with Crippen molar-refractivity contribution in [3.63, 3.8) is 0 Å². The molecule has 0 radical (unpaired) electrons. The van der Waals surface area contributed by atoms with Gasteiger partial charge < -0.3 is 4.98 Å². The molecule has 102 valence electrons. The van der Waals surface area contributed by atoms with E-state index in [1.54, 1.807) is 0 Å². The average molecular weight is 340 g/mol. The number of imidazole rings is 1. The molecule has 0 bridgehead atoms. The Morgan fingerprint density at radius 2 is 1.95 bits per heavy atom. The van der Waals surface area contributed by atoms with E-state index in [4.69, 9.17) is 0 Å². The summed E-state index contributed by atoms with van der Waals surface area (Å²) in [5, 5.41) is 13.4. The standard InChI is InChI=1S/C15H10BrN5/c16-10-5-1-2-6-11(10)20-21-14(9-17)15-18-12-7-3-4-8-13(12)19-15/h1-8,20H,(H,18,19)/b21-14-. The summed E-state index contributed by atoms with van der Waals surface area (Å²) in [5.74, 6) is 0.443. The van der Waals surface area contributed by atoms with Gasteiger partial charge in [0.25, 0.3) is 0 Å². The summed E-state index contributed by atoms with van der Waals surface area (Å²) in [5.41, 5.74) is 5.51. The van der Waals surface area contributed by atoms with E-state index in [0.717, 1.165) is 21.2 Å². The van der Waals surface area contributed by atoms with Crippen molar-refractivity contribution in [1.82, 2.24) is 9.97 Å². The summed E-state index contributed by atoms with van der Waals surface area (Å²) in [6.07, 6.45) is 0. The fourth-order valence-corrected chi connectivity index (χ4v) is 2.24. The van der Waals surface area contributed by atoms with Crippen LogP contribution in [0.15, 0.2) is 58.1 Å². The molecule has 0 aliphatic heterocycles. The number of aromatic nitrogens is 2. The predicted octanol–water partition coefficient (Wildman–Crippen LogP) is 3.67. The van der Waals surface area contributed by atoms with E-state index < -0.39 is 0 Å². The highest BCUT2D eigenvalue weighted by molar-refractivity contribution is 9.10. The third-order valence-electron chi connectivity index (χ3n) is 2.88. The second-order valence-corrected chi connectivity index (χ2v) is 5.12. The monoisotopic (exact) mass is 339 g/mol. The summed E-state index contributed by atoms with van der Waals surface area (Å²) in [6.45, 7) is 0. The van der Waals surface area contributed by atoms with Gasteiger partial charge in [-0.2, -0.15) is 10.4 Å². The van der Waals surface area contributed by atoms with Crippen molar-refractivity contribution in [1.29, 1.82) is 5.26 Å². The lowest BCUT2D eigenvalue weighted by Gasteiger charge is -2.02. The van der Waals surface area contributed by atoms with Crippen molar-refractivity contribution in [3.05, 3.63) is 58.8 Å². The summed E-state index contributed by atoms with van der Waals surface area (Å²) >= 11 is 3.41. The van der Waals surface area contributed by atoms with Gasteiger partial charge in [-0.1, -0.05) is 24.3 Å². The Hall–Kier alpha value is -2.65. The zero-order chi connectivity index (χ0) is 14.7. The largest absolute Gasteiger partial charge is 0.336 e. The molecular weight excluding hydrogens is 330 g/mol. The molecule has 0 aliphatic rings. The highest BCUT2D eigenvalue weighted by atomic mass is 79.9. The topological polar surface area (TPSA) is 76.9 Å². The first kappa shape index (κ1) is 13.3. The normalized spacial score (nSPS) is 11.3. The minimum atomic E-state index is 0.196. The van der Waals surface area contributed by atoms with E-state index in [0.29, 0.717) is 5.82 Å². The number of hydrogen-bond acceptors (Lipinski definition) is 4. The Kier molecular flexibility index (Phi) is 3.67. The van der Waals surface area contributed by atoms with Crippen LogP contribution in [0, 0.1) is 11.3 Å². The fourth-order valence-electron chi connectivity index (χ4n) is 1.86. The highest BCUT2D eigenvalue weighted by Gasteiger charge is 2.09. The number of rotatable bonds is 3. The summed E-state index contributed by atoms with van der Waals surface area (Å²) in [7, 11) is 0. The average Bonchev–Trinajstić information content (AvgIpc) is 2.93. The van der Waals surface area contributed by atoms with Crippen LogP contribution in [-0.2, 0) is 0 Å². The second-order valence-electron chi connectivity index (χ2n) is 4.27. The highest BCUT2D eigenvalue weighted by Crippen LogP contribution is 2.21. The van der Waals surface area contributed by atoms with Crippen LogP contribution in [0.25, 0.3) is 11.0 Å². The molecule has 0 saturated heterocycles. The summed E-state index contributed by atoms with van der Waals surface area (Å²) in [4.78, 5) is 7.44. The SMILES string of the molecule is N#C/C(=N/Nc1ccccc1Br)c1nc2ccccc2[nH]1. The number of nitrogens with one attached hydrogen (secondary N) is 2.